The predicted octanol–water partition coefficient (Wildman–Crippen LogP) is 4.26. The molecule has 0 atom stereocenters. The standard InChI is InChI=1S/C20H20N2/c21-15-20(18-9-5-2-6-10-18)19-11-13-22(14-12-19)16-17-7-3-1-4-8-17/h1-10H,11-14,16H2. The molecular weight excluding hydrogens is 268 g/mol. The number of rotatable bonds is 3. The molecule has 110 valence electrons. The smallest absolute Gasteiger partial charge is 0.0997 e. The van der Waals surface area contributed by atoms with Crippen LogP contribution in [0.4, 0.5) is 0 Å². The summed E-state index contributed by atoms with van der Waals surface area (Å²) in [6.07, 6.45) is 1.98. The van der Waals surface area contributed by atoms with Crippen molar-refractivity contribution in [2.75, 3.05) is 13.1 Å². The van der Waals surface area contributed by atoms with E-state index >= 15 is 0 Å². The zero-order chi connectivity index (χ0) is 15.2. The van der Waals surface area contributed by atoms with Gasteiger partial charge in [-0.3, -0.25) is 4.90 Å². The third kappa shape index (κ3) is 3.44. The van der Waals surface area contributed by atoms with Gasteiger partial charge in [0.05, 0.1) is 11.6 Å². The first-order valence-electron chi connectivity index (χ1n) is 7.80. The van der Waals surface area contributed by atoms with Crippen molar-refractivity contribution in [3.8, 4) is 6.07 Å². The first kappa shape index (κ1) is 14.6. The molecule has 0 radical (unpaired) electrons. The van der Waals surface area contributed by atoms with Crippen molar-refractivity contribution in [3.63, 3.8) is 0 Å². The summed E-state index contributed by atoms with van der Waals surface area (Å²) in [5.41, 5.74) is 4.59. The Labute approximate surface area is 132 Å². The lowest BCUT2D eigenvalue weighted by atomic mass is 9.94. The summed E-state index contributed by atoms with van der Waals surface area (Å²) in [6, 6.07) is 23.1. The van der Waals surface area contributed by atoms with Gasteiger partial charge in [0.1, 0.15) is 0 Å². The van der Waals surface area contributed by atoms with Gasteiger partial charge in [-0.05, 0) is 29.5 Å². The Balaban J connectivity index is 1.68. The number of nitrogens with zero attached hydrogens (tertiary/aromatic N) is 2. The van der Waals surface area contributed by atoms with E-state index in [-0.39, 0.29) is 0 Å². The summed E-state index contributed by atoms with van der Waals surface area (Å²) in [6.45, 7) is 3.06. The molecule has 2 heteroatoms. The van der Waals surface area contributed by atoms with Crippen LogP contribution in [-0.4, -0.2) is 18.0 Å². The molecule has 2 aromatic rings. The van der Waals surface area contributed by atoms with Crippen LogP contribution in [-0.2, 0) is 6.54 Å². The van der Waals surface area contributed by atoms with Crippen molar-refractivity contribution < 1.29 is 0 Å². The zero-order valence-electron chi connectivity index (χ0n) is 12.7. The Kier molecular flexibility index (Phi) is 4.68. The van der Waals surface area contributed by atoms with Gasteiger partial charge in [0.2, 0.25) is 0 Å². The maximum atomic E-state index is 9.51. The Morgan fingerprint density at radius 3 is 2.09 bits per heavy atom. The molecule has 22 heavy (non-hydrogen) atoms. The van der Waals surface area contributed by atoms with Crippen LogP contribution in [0.25, 0.3) is 5.57 Å². The van der Waals surface area contributed by atoms with Crippen LogP contribution >= 0.6 is 0 Å². The molecule has 0 N–H and O–H groups in total. The second-order valence-corrected chi connectivity index (χ2v) is 5.72. The highest BCUT2D eigenvalue weighted by Gasteiger charge is 2.17. The Morgan fingerprint density at radius 2 is 1.50 bits per heavy atom. The summed E-state index contributed by atoms with van der Waals surface area (Å²) < 4.78 is 0. The van der Waals surface area contributed by atoms with E-state index in [0.717, 1.165) is 43.6 Å². The highest BCUT2D eigenvalue weighted by molar-refractivity contribution is 5.79. The van der Waals surface area contributed by atoms with E-state index in [0.29, 0.717) is 0 Å². The minimum absolute atomic E-state index is 0.875. The normalized spacial score (nSPS) is 15.3. The first-order chi connectivity index (χ1) is 10.9. The molecule has 0 saturated carbocycles. The van der Waals surface area contributed by atoms with Gasteiger partial charge in [-0.25, -0.2) is 0 Å². The molecule has 1 aliphatic heterocycles. The number of benzene rings is 2. The monoisotopic (exact) mass is 288 g/mol. The number of hydrogen-bond donors (Lipinski definition) is 0. The largest absolute Gasteiger partial charge is 0.298 e. The molecule has 0 unspecified atom stereocenters. The van der Waals surface area contributed by atoms with Gasteiger partial charge >= 0.3 is 0 Å². The molecular formula is C20H20N2. The summed E-state index contributed by atoms with van der Waals surface area (Å²) in [5, 5.41) is 9.51. The molecule has 0 aliphatic carbocycles. The second kappa shape index (κ2) is 7.06. The molecule has 2 nitrogen and oxygen atoms in total. The van der Waals surface area contributed by atoms with Crippen molar-refractivity contribution in [2.45, 2.75) is 19.4 Å². The Morgan fingerprint density at radius 1 is 0.909 bits per heavy atom. The summed E-state index contributed by atoms with van der Waals surface area (Å²) in [5.74, 6) is 0. The van der Waals surface area contributed by atoms with Gasteiger partial charge in [0, 0.05) is 19.6 Å². The average molecular weight is 288 g/mol. The molecule has 1 aliphatic rings. The quantitative estimate of drug-likeness (QED) is 0.789. The van der Waals surface area contributed by atoms with Crippen LogP contribution in [0.15, 0.2) is 66.2 Å². The molecule has 1 saturated heterocycles. The maximum absolute atomic E-state index is 9.51. The third-order valence-corrected chi connectivity index (χ3v) is 4.24. The molecule has 3 rings (SSSR count). The fraction of sp³-hybridized carbons (Fsp3) is 0.250. The fourth-order valence-corrected chi connectivity index (χ4v) is 3.03. The molecule has 1 heterocycles. The average Bonchev–Trinajstić information content (AvgIpc) is 2.59. The van der Waals surface area contributed by atoms with Crippen LogP contribution in [0.5, 0.6) is 0 Å². The number of allylic oxidation sites excluding steroid dienone is 1. The van der Waals surface area contributed by atoms with Crippen molar-refractivity contribution in [3.05, 3.63) is 77.4 Å². The SMILES string of the molecule is N#CC(=C1CCN(Cc2ccccc2)CC1)c1ccccc1. The molecule has 1 fully saturated rings. The first-order valence-corrected chi connectivity index (χ1v) is 7.80. The molecule has 0 aromatic heterocycles. The third-order valence-electron chi connectivity index (χ3n) is 4.24. The molecule has 0 spiro atoms. The minimum Gasteiger partial charge on any atom is -0.298 e. The van der Waals surface area contributed by atoms with Gasteiger partial charge in [0.25, 0.3) is 0 Å². The van der Waals surface area contributed by atoms with Crippen LogP contribution in [0, 0.1) is 11.3 Å². The maximum Gasteiger partial charge on any atom is 0.0997 e. The van der Waals surface area contributed by atoms with E-state index in [1.54, 1.807) is 0 Å². The van der Waals surface area contributed by atoms with Crippen LogP contribution < -0.4 is 0 Å². The van der Waals surface area contributed by atoms with Crippen LogP contribution in [0.1, 0.15) is 24.0 Å². The molecule has 0 bridgehead atoms. The second-order valence-electron chi connectivity index (χ2n) is 5.72. The zero-order valence-corrected chi connectivity index (χ0v) is 12.7. The Bertz CT molecular complexity index is 671. The summed E-state index contributed by atoms with van der Waals surface area (Å²) in [7, 11) is 0. The lowest BCUT2D eigenvalue weighted by molar-refractivity contribution is 0.249. The van der Waals surface area contributed by atoms with E-state index < -0.39 is 0 Å². The van der Waals surface area contributed by atoms with Gasteiger partial charge in [0.15, 0.2) is 0 Å². The highest BCUT2D eigenvalue weighted by atomic mass is 15.1. The van der Waals surface area contributed by atoms with Gasteiger partial charge in [-0.1, -0.05) is 60.7 Å². The Hall–Kier alpha value is -2.37. The molecule has 2 aromatic carbocycles. The van der Waals surface area contributed by atoms with E-state index in [1.165, 1.54) is 11.1 Å². The van der Waals surface area contributed by atoms with Crippen LogP contribution in [0.3, 0.4) is 0 Å². The van der Waals surface area contributed by atoms with E-state index in [2.05, 4.69) is 41.3 Å². The summed E-state index contributed by atoms with van der Waals surface area (Å²) >= 11 is 0. The van der Waals surface area contributed by atoms with Crippen molar-refractivity contribution in [1.82, 2.24) is 4.90 Å². The number of nitriles is 1. The number of piperidine rings is 1. The topological polar surface area (TPSA) is 27.0 Å². The van der Waals surface area contributed by atoms with Gasteiger partial charge < -0.3 is 0 Å². The predicted molar refractivity (Wildman–Crippen MR) is 89.9 cm³/mol. The van der Waals surface area contributed by atoms with Gasteiger partial charge in [-0.15, -0.1) is 0 Å². The van der Waals surface area contributed by atoms with Crippen molar-refractivity contribution >= 4 is 5.57 Å². The minimum atomic E-state index is 0.875. The van der Waals surface area contributed by atoms with Crippen LogP contribution in [0.2, 0.25) is 0 Å². The van der Waals surface area contributed by atoms with E-state index in [9.17, 15) is 5.26 Å². The number of hydrogen-bond acceptors (Lipinski definition) is 2. The van der Waals surface area contributed by atoms with Crippen molar-refractivity contribution in [2.24, 2.45) is 0 Å². The number of likely N-dealkylation sites (tertiary alicyclic amines) is 1. The summed E-state index contributed by atoms with van der Waals surface area (Å²) in [4.78, 5) is 2.47. The van der Waals surface area contributed by atoms with E-state index in [4.69, 9.17) is 0 Å². The lowest BCUT2D eigenvalue weighted by Crippen LogP contribution is -2.30. The van der Waals surface area contributed by atoms with E-state index in [1.807, 2.05) is 30.3 Å². The lowest BCUT2D eigenvalue weighted by Gasteiger charge is -2.29. The fourth-order valence-electron chi connectivity index (χ4n) is 3.03. The van der Waals surface area contributed by atoms with Gasteiger partial charge in [-0.2, -0.15) is 5.26 Å². The van der Waals surface area contributed by atoms with Crippen molar-refractivity contribution in [1.29, 1.82) is 5.26 Å². The highest BCUT2D eigenvalue weighted by Crippen LogP contribution is 2.26. The molecule has 0 amide bonds.